The minimum absolute atomic E-state index is 0.0572. The summed E-state index contributed by atoms with van der Waals surface area (Å²) in [5.41, 5.74) is 0.934. The molecule has 2 heterocycles. The summed E-state index contributed by atoms with van der Waals surface area (Å²) in [6, 6.07) is 12.0. The maximum absolute atomic E-state index is 12.3. The van der Waals surface area contributed by atoms with E-state index in [4.69, 9.17) is 0 Å². The molecule has 4 rings (SSSR count). The van der Waals surface area contributed by atoms with Crippen molar-refractivity contribution in [1.82, 2.24) is 10.3 Å². The van der Waals surface area contributed by atoms with Gasteiger partial charge in [-0.3, -0.25) is 4.79 Å². The Morgan fingerprint density at radius 3 is 2.85 bits per heavy atom. The second-order valence-corrected chi connectivity index (χ2v) is 10.3. The highest BCUT2D eigenvalue weighted by Crippen LogP contribution is 2.33. The zero-order valence-electron chi connectivity index (χ0n) is 14.7. The first-order chi connectivity index (χ1) is 13.1. The van der Waals surface area contributed by atoms with Gasteiger partial charge in [-0.25, -0.2) is 0 Å². The van der Waals surface area contributed by atoms with E-state index >= 15 is 0 Å². The number of aromatic nitrogens is 1. The SMILES string of the molecule is O=c1cc(NC[C@H]2CCC[C@@H]2NCc2cc(Br)c(Br)s2)[nH]c2ccccc12. The van der Waals surface area contributed by atoms with Gasteiger partial charge in [0, 0.05) is 39.9 Å². The molecule has 0 amide bonds. The Labute approximate surface area is 179 Å². The number of H-pyrrole nitrogens is 1. The summed E-state index contributed by atoms with van der Waals surface area (Å²) in [5, 5.41) is 7.91. The minimum Gasteiger partial charge on any atom is -0.371 e. The van der Waals surface area contributed by atoms with Gasteiger partial charge in [0.1, 0.15) is 5.82 Å². The molecule has 1 saturated carbocycles. The van der Waals surface area contributed by atoms with Crippen molar-refractivity contribution in [1.29, 1.82) is 0 Å². The van der Waals surface area contributed by atoms with Gasteiger partial charge in [-0.15, -0.1) is 11.3 Å². The molecule has 3 N–H and O–H groups in total. The van der Waals surface area contributed by atoms with Crippen molar-refractivity contribution in [2.45, 2.75) is 31.8 Å². The summed E-state index contributed by atoms with van der Waals surface area (Å²) >= 11 is 8.88. The predicted molar refractivity (Wildman–Crippen MR) is 121 cm³/mol. The average Bonchev–Trinajstić information content (AvgIpc) is 3.24. The number of pyridine rings is 1. The van der Waals surface area contributed by atoms with Crippen LogP contribution in [0.5, 0.6) is 0 Å². The van der Waals surface area contributed by atoms with E-state index in [-0.39, 0.29) is 5.43 Å². The first-order valence-corrected chi connectivity index (χ1v) is 11.5. The lowest BCUT2D eigenvalue weighted by molar-refractivity contribution is 0.415. The summed E-state index contributed by atoms with van der Waals surface area (Å²) in [5.74, 6) is 1.36. The number of anilines is 1. The van der Waals surface area contributed by atoms with E-state index in [2.05, 4.69) is 53.5 Å². The molecule has 1 fully saturated rings. The summed E-state index contributed by atoms with van der Waals surface area (Å²) in [7, 11) is 0. The number of para-hydroxylation sites is 1. The van der Waals surface area contributed by atoms with Crippen molar-refractivity contribution in [3.05, 3.63) is 59.8 Å². The van der Waals surface area contributed by atoms with Gasteiger partial charge in [0.15, 0.2) is 5.43 Å². The van der Waals surface area contributed by atoms with Gasteiger partial charge >= 0.3 is 0 Å². The van der Waals surface area contributed by atoms with E-state index in [0.717, 1.165) is 38.1 Å². The minimum atomic E-state index is 0.0572. The molecule has 1 aliphatic carbocycles. The summed E-state index contributed by atoms with van der Waals surface area (Å²) < 4.78 is 2.26. The molecule has 2 atom stereocenters. The Morgan fingerprint density at radius 2 is 2.04 bits per heavy atom. The van der Waals surface area contributed by atoms with Crippen LogP contribution in [0.3, 0.4) is 0 Å². The smallest absolute Gasteiger partial charge is 0.191 e. The first-order valence-electron chi connectivity index (χ1n) is 9.13. The molecule has 1 aliphatic rings. The zero-order valence-corrected chi connectivity index (χ0v) is 18.7. The molecular formula is C20H21Br2N3OS. The van der Waals surface area contributed by atoms with E-state index in [9.17, 15) is 4.79 Å². The van der Waals surface area contributed by atoms with Crippen molar-refractivity contribution >= 4 is 59.9 Å². The van der Waals surface area contributed by atoms with E-state index in [1.807, 2.05) is 24.3 Å². The molecule has 7 heteroatoms. The zero-order chi connectivity index (χ0) is 18.8. The van der Waals surface area contributed by atoms with Crippen LogP contribution in [0.15, 0.2) is 49.5 Å². The van der Waals surface area contributed by atoms with Gasteiger partial charge in [0.2, 0.25) is 0 Å². The van der Waals surface area contributed by atoms with Gasteiger partial charge in [0.25, 0.3) is 0 Å². The van der Waals surface area contributed by atoms with Crippen LogP contribution in [0.1, 0.15) is 24.1 Å². The average molecular weight is 511 g/mol. The Morgan fingerprint density at radius 1 is 1.19 bits per heavy atom. The molecule has 0 radical (unpaired) electrons. The number of aromatic amines is 1. The summed E-state index contributed by atoms with van der Waals surface area (Å²) in [6.07, 6.45) is 3.66. The monoisotopic (exact) mass is 509 g/mol. The highest BCUT2D eigenvalue weighted by molar-refractivity contribution is 9.13. The Bertz CT molecular complexity index is 981. The molecule has 0 spiro atoms. The molecule has 0 bridgehead atoms. The third-order valence-corrected chi connectivity index (χ3v) is 8.44. The second-order valence-electron chi connectivity index (χ2n) is 6.99. The van der Waals surface area contributed by atoms with Gasteiger partial charge in [-0.1, -0.05) is 18.6 Å². The Balaban J connectivity index is 1.38. The molecule has 2 aromatic heterocycles. The van der Waals surface area contributed by atoms with Crippen LogP contribution in [0.25, 0.3) is 10.9 Å². The summed E-state index contributed by atoms with van der Waals surface area (Å²) in [6.45, 7) is 1.76. The number of fused-ring (bicyclic) bond motifs is 1. The van der Waals surface area contributed by atoms with Gasteiger partial charge in [-0.2, -0.15) is 0 Å². The molecule has 142 valence electrons. The van der Waals surface area contributed by atoms with Crippen LogP contribution in [-0.4, -0.2) is 17.6 Å². The fraction of sp³-hybridized carbons (Fsp3) is 0.350. The van der Waals surface area contributed by atoms with Crippen LogP contribution in [-0.2, 0) is 6.54 Å². The first kappa shape index (κ1) is 19.2. The van der Waals surface area contributed by atoms with Crippen LogP contribution in [0.2, 0.25) is 0 Å². The number of benzene rings is 1. The number of rotatable bonds is 6. The summed E-state index contributed by atoms with van der Waals surface area (Å²) in [4.78, 5) is 16.9. The van der Waals surface area contributed by atoms with E-state index in [1.54, 1.807) is 17.4 Å². The number of nitrogens with one attached hydrogen (secondary N) is 3. The lowest BCUT2D eigenvalue weighted by Crippen LogP contribution is -2.35. The molecular weight excluding hydrogens is 490 g/mol. The lowest BCUT2D eigenvalue weighted by Gasteiger charge is -2.21. The molecule has 3 aromatic rings. The van der Waals surface area contributed by atoms with Crippen LogP contribution in [0.4, 0.5) is 5.82 Å². The number of hydrogen-bond donors (Lipinski definition) is 3. The van der Waals surface area contributed by atoms with Crippen molar-refractivity contribution in [2.75, 3.05) is 11.9 Å². The van der Waals surface area contributed by atoms with Crippen LogP contribution >= 0.6 is 43.2 Å². The van der Waals surface area contributed by atoms with Gasteiger partial charge in [-0.05, 0) is 68.8 Å². The molecule has 1 aromatic carbocycles. The maximum atomic E-state index is 12.3. The number of halogens is 2. The largest absolute Gasteiger partial charge is 0.371 e. The molecule has 0 aliphatic heterocycles. The third-order valence-electron chi connectivity index (χ3n) is 5.19. The van der Waals surface area contributed by atoms with Gasteiger partial charge in [0.05, 0.1) is 9.30 Å². The lowest BCUT2D eigenvalue weighted by atomic mass is 10.0. The fourth-order valence-corrected chi connectivity index (χ4v) is 5.92. The second kappa shape index (κ2) is 8.47. The highest BCUT2D eigenvalue weighted by Gasteiger charge is 2.26. The molecule has 0 saturated heterocycles. The van der Waals surface area contributed by atoms with Crippen molar-refractivity contribution < 1.29 is 0 Å². The molecule has 27 heavy (non-hydrogen) atoms. The van der Waals surface area contributed by atoms with Gasteiger partial charge < -0.3 is 15.6 Å². The standard InChI is InChI=1S/C20H21Br2N3OS/c21-15-8-13(27-20(15)22)11-23-16-7-3-4-12(16)10-24-19-9-18(26)14-5-1-2-6-17(14)25-19/h1-2,5-6,8-9,12,16,23H,3-4,7,10-11H2,(H2,24,25,26)/t12-,16+/m1/s1. The Kier molecular flexibility index (Phi) is 6.02. The topological polar surface area (TPSA) is 56.9 Å². The van der Waals surface area contributed by atoms with Crippen LogP contribution < -0.4 is 16.1 Å². The quantitative estimate of drug-likeness (QED) is 0.411. The normalized spacial score (nSPS) is 19.6. The Hall–Kier alpha value is -1.15. The predicted octanol–water partition coefficient (Wildman–Crippen LogP) is 5.49. The maximum Gasteiger partial charge on any atom is 0.191 e. The van der Waals surface area contributed by atoms with E-state index in [1.165, 1.54) is 24.1 Å². The van der Waals surface area contributed by atoms with E-state index in [0.29, 0.717) is 12.0 Å². The highest BCUT2D eigenvalue weighted by atomic mass is 79.9. The number of thiophene rings is 1. The molecule has 4 nitrogen and oxygen atoms in total. The van der Waals surface area contributed by atoms with E-state index < -0.39 is 0 Å². The van der Waals surface area contributed by atoms with Crippen molar-refractivity contribution in [3.8, 4) is 0 Å². The third kappa shape index (κ3) is 4.47. The van der Waals surface area contributed by atoms with Crippen molar-refractivity contribution in [2.24, 2.45) is 5.92 Å². The van der Waals surface area contributed by atoms with Crippen LogP contribution in [0, 0.1) is 5.92 Å². The van der Waals surface area contributed by atoms with Crippen molar-refractivity contribution in [3.63, 3.8) is 0 Å². The number of hydrogen-bond acceptors (Lipinski definition) is 4. The fourth-order valence-electron chi connectivity index (χ4n) is 3.79. The molecule has 0 unspecified atom stereocenters.